The molecule has 0 atom stereocenters. The van der Waals surface area contributed by atoms with E-state index in [4.69, 9.17) is 9.52 Å². The molecule has 0 unspecified atom stereocenters. The van der Waals surface area contributed by atoms with Gasteiger partial charge in [0.05, 0.1) is 12.3 Å². The molecule has 0 aliphatic heterocycles. The van der Waals surface area contributed by atoms with Crippen LogP contribution in [0.3, 0.4) is 0 Å². The van der Waals surface area contributed by atoms with E-state index in [1.165, 1.54) is 11.3 Å². The first-order valence-electron chi connectivity index (χ1n) is 5.33. The molecule has 0 fully saturated rings. The number of para-hydroxylation sites is 1. The molecular formula is C13H11NO2S. The van der Waals surface area contributed by atoms with E-state index >= 15 is 0 Å². The predicted molar refractivity (Wildman–Crippen MR) is 68.0 cm³/mol. The van der Waals surface area contributed by atoms with E-state index < -0.39 is 0 Å². The maximum absolute atomic E-state index is 9.11. The highest BCUT2D eigenvalue weighted by Gasteiger charge is 2.14. The van der Waals surface area contributed by atoms with Crippen LogP contribution in [0.4, 0.5) is 0 Å². The third-order valence-electron chi connectivity index (χ3n) is 2.71. The van der Waals surface area contributed by atoms with Crippen molar-refractivity contribution < 1.29 is 9.52 Å². The molecule has 0 radical (unpaired) electrons. The number of fused-ring (bicyclic) bond motifs is 1. The number of nitrogens with zero attached hydrogens (tertiary/aromatic N) is 1. The number of benzene rings is 1. The molecule has 4 heteroatoms. The van der Waals surface area contributed by atoms with E-state index in [0.717, 1.165) is 32.1 Å². The van der Waals surface area contributed by atoms with Gasteiger partial charge in [-0.3, -0.25) is 0 Å². The lowest BCUT2D eigenvalue weighted by atomic mass is 10.1. The minimum absolute atomic E-state index is 0.0126. The molecule has 1 aromatic carbocycles. The number of aliphatic hydroxyl groups is 1. The second kappa shape index (κ2) is 3.98. The highest BCUT2D eigenvalue weighted by Crippen LogP contribution is 2.34. The van der Waals surface area contributed by atoms with Crippen molar-refractivity contribution >= 4 is 22.3 Å². The van der Waals surface area contributed by atoms with Gasteiger partial charge in [0, 0.05) is 15.8 Å². The van der Waals surface area contributed by atoms with Crippen LogP contribution < -0.4 is 0 Å². The molecule has 3 nitrogen and oxygen atoms in total. The van der Waals surface area contributed by atoms with Gasteiger partial charge in [-0.15, -0.1) is 11.3 Å². The van der Waals surface area contributed by atoms with Crippen LogP contribution in [0.2, 0.25) is 0 Å². The Bertz CT molecular complexity index is 669. The molecule has 0 saturated heterocycles. The number of aryl methyl sites for hydroxylation is 1. The lowest BCUT2D eigenvalue weighted by Gasteiger charge is -1.94. The second-order valence-electron chi connectivity index (χ2n) is 3.82. The predicted octanol–water partition coefficient (Wildman–Crippen LogP) is 3.36. The van der Waals surface area contributed by atoms with Crippen LogP contribution in [0.25, 0.3) is 22.2 Å². The second-order valence-corrected chi connectivity index (χ2v) is 5.10. The summed E-state index contributed by atoms with van der Waals surface area (Å²) in [6.07, 6.45) is 1.73. The van der Waals surface area contributed by atoms with Crippen molar-refractivity contribution in [1.29, 1.82) is 0 Å². The Labute approximate surface area is 102 Å². The molecule has 0 saturated carbocycles. The van der Waals surface area contributed by atoms with Gasteiger partial charge >= 0.3 is 0 Å². The molecule has 0 bridgehead atoms. The van der Waals surface area contributed by atoms with E-state index in [-0.39, 0.29) is 6.61 Å². The number of furan rings is 1. The Balaban J connectivity index is 2.23. The zero-order chi connectivity index (χ0) is 11.8. The number of rotatable bonds is 2. The van der Waals surface area contributed by atoms with Gasteiger partial charge in [-0.1, -0.05) is 18.2 Å². The fourth-order valence-electron chi connectivity index (χ4n) is 1.93. The summed E-state index contributed by atoms with van der Waals surface area (Å²) < 4.78 is 5.50. The average Bonchev–Trinajstić information content (AvgIpc) is 2.92. The van der Waals surface area contributed by atoms with Crippen molar-refractivity contribution in [3.63, 3.8) is 0 Å². The topological polar surface area (TPSA) is 46.3 Å². The summed E-state index contributed by atoms with van der Waals surface area (Å²) in [6, 6.07) is 7.89. The first-order chi connectivity index (χ1) is 8.29. The lowest BCUT2D eigenvalue weighted by Crippen LogP contribution is -1.82. The Kier molecular flexibility index (Phi) is 2.46. The van der Waals surface area contributed by atoms with Crippen LogP contribution in [-0.4, -0.2) is 10.1 Å². The number of aromatic nitrogens is 1. The monoisotopic (exact) mass is 245 g/mol. The van der Waals surface area contributed by atoms with Crippen molar-refractivity contribution in [1.82, 2.24) is 4.98 Å². The molecular weight excluding hydrogens is 234 g/mol. The van der Waals surface area contributed by atoms with Crippen LogP contribution in [-0.2, 0) is 6.61 Å². The smallest absolute Gasteiger partial charge is 0.134 e. The van der Waals surface area contributed by atoms with Crippen molar-refractivity contribution in [2.45, 2.75) is 13.5 Å². The molecule has 0 aliphatic rings. The molecule has 2 aromatic heterocycles. The molecule has 86 valence electrons. The summed E-state index contributed by atoms with van der Waals surface area (Å²) >= 11 is 1.52. The van der Waals surface area contributed by atoms with Crippen LogP contribution >= 0.6 is 11.3 Å². The molecule has 0 spiro atoms. The quantitative estimate of drug-likeness (QED) is 0.753. The zero-order valence-corrected chi connectivity index (χ0v) is 10.1. The highest BCUT2D eigenvalue weighted by molar-refractivity contribution is 7.12. The van der Waals surface area contributed by atoms with E-state index in [1.54, 1.807) is 6.26 Å². The summed E-state index contributed by atoms with van der Waals surface area (Å²) in [7, 11) is 0. The minimum Gasteiger partial charge on any atom is -0.464 e. The summed E-state index contributed by atoms with van der Waals surface area (Å²) in [4.78, 5) is 5.53. The number of aliphatic hydroxyl groups excluding tert-OH is 1. The van der Waals surface area contributed by atoms with Gasteiger partial charge in [-0.25, -0.2) is 4.98 Å². The standard InChI is InChI=1S/C13H11NO2S/c1-8-13(14-12(6-15)17-8)10-7-16-11-5-3-2-4-9(10)11/h2-5,7,15H,6H2,1H3. The summed E-state index contributed by atoms with van der Waals surface area (Å²) in [5, 5.41) is 10.9. The molecule has 2 heterocycles. The van der Waals surface area contributed by atoms with E-state index in [1.807, 2.05) is 31.2 Å². The van der Waals surface area contributed by atoms with Crippen molar-refractivity contribution in [2.24, 2.45) is 0 Å². The molecule has 3 rings (SSSR count). The van der Waals surface area contributed by atoms with Gasteiger partial charge < -0.3 is 9.52 Å². The Morgan fingerprint density at radius 2 is 2.18 bits per heavy atom. The van der Waals surface area contributed by atoms with Gasteiger partial charge in [0.1, 0.15) is 16.9 Å². The third-order valence-corrected chi connectivity index (χ3v) is 3.67. The number of thiazole rings is 1. The average molecular weight is 245 g/mol. The fraction of sp³-hybridized carbons (Fsp3) is 0.154. The Morgan fingerprint density at radius 1 is 1.35 bits per heavy atom. The Hall–Kier alpha value is -1.65. The van der Waals surface area contributed by atoms with Crippen LogP contribution in [0.5, 0.6) is 0 Å². The fourth-order valence-corrected chi connectivity index (χ4v) is 2.74. The summed E-state index contributed by atoms with van der Waals surface area (Å²) in [5.74, 6) is 0. The Morgan fingerprint density at radius 3 is 2.94 bits per heavy atom. The first-order valence-corrected chi connectivity index (χ1v) is 6.15. The zero-order valence-electron chi connectivity index (χ0n) is 9.30. The third kappa shape index (κ3) is 1.66. The molecule has 17 heavy (non-hydrogen) atoms. The molecule has 3 aromatic rings. The van der Waals surface area contributed by atoms with Crippen molar-refractivity contribution in [3.05, 3.63) is 40.4 Å². The SMILES string of the molecule is Cc1sc(CO)nc1-c1coc2ccccc12. The van der Waals surface area contributed by atoms with Crippen LogP contribution in [0.1, 0.15) is 9.88 Å². The summed E-state index contributed by atoms with van der Waals surface area (Å²) in [5.41, 5.74) is 2.76. The van der Waals surface area contributed by atoms with E-state index in [0.29, 0.717) is 0 Å². The van der Waals surface area contributed by atoms with Crippen LogP contribution in [0, 0.1) is 6.92 Å². The van der Waals surface area contributed by atoms with Gasteiger partial charge in [0.25, 0.3) is 0 Å². The highest BCUT2D eigenvalue weighted by atomic mass is 32.1. The largest absolute Gasteiger partial charge is 0.464 e. The maximum Gasteiger partial charge on any atom is 0.134 e. The van der Waals surface area contributed by atoms with Crippen molar-refractivity contribution in [2.75, 3.05) is 0 Å². The lowest BCUT2D eigenvalue weighted by molar-refractivity contribution is 0.281. The van der Waals surface area contributed by atoms with E-state index in [2.05, 4.69) is 4.98 Å². The summed E-state index contributed by atoms with van der Waals surface area (Å²) in [6.45, 7) is 2.00. The molecule has 0 amide bonds. The van der Waals surface area contributed by atoms with Gasteiger partial charge in [-0.05, 0) is 13.0 Å². The minimum atomic E-state index is -0.0126. The molecule has 1 N–H and O–H groups in total. The van der Waals surface area contributed by atoms with Gasteiger partial charge in [0.15, 0.2) is 0 Å². The molecule has 0 aliphatic carbocycles. The number of hydrogen-bond donors (Lipinski definition) is 1. The van der Waals surface area contributed by atoms with Crippen molar-refractivity contribution in [3.8, 4) is 11.3 Å². The maximum atomic E-state index is 9.11. The van der Waals surface area contributed by atoms with Gasteiger partial charge in [-0.2, -0.15) is 0 Å². The first kappa shape index (κ1) is 10.5. The van der Waals surface area contributed by atoms with Crippen LogP contribution in [0.15, 0.2) is 34.9 Å². The van der Waals surface area contributed by atoms with E-state index in [9.17, 15) is 0 Å². The number of hydrogen-bond acceptors (Lipinski definition) is 4. The normalized spacial score (nSPS) is 11.2. The van der Waals surface area contributed by atoms with Gasteiger partial charge in [0.2, 0.25) is 0 Å².